The predicted molar refractivity (Wildman–Crippen MR) is 115 cm³/mol. The zero-order valence-electron chi connectivity index (χ0n) is 17.5. The van der Waals surface area contributed by atoms with E-state index in [0.29, 0.717) is 17.4 Å². The van der Waals surface area contributed by atoms with Crippen LogP contribution in [-0.2, 0) is 11.3 Å². The average Bonchev–Trinajstić information content (AvgIpc) is 2.76. The Morgan fingerprint density at radius 3 is 2.59 bits per heavy atom. The van der Waals surface area contributed by atoms with E-state index in [1.165, 1.54) is 49.4 Å². The fourth-order valence-electron chi connectivity index (χ4n) is 5.11. The van der Waals surface area contributed by atoms with Crippen molar-refractivity contribution in [2.75, 3.05) is 19.6 Å². The molecule has 1 aromatic heterocycles. The Morgan fingerprint density at radius 1 is 1.10 bits per heavy atom. The van der Waals surface area contributed by atoms with E-state index in [1.807, 2.05) is 19.1 Å². The summed E-state index contributed by atoms with van der Waals surface area (Å²) in [6, 6.07) is 5.58. The summed E-state index contributed by atoms with van der Waals surface area (Å²) in [5.41, 5.74) is 1.62. The molecule has 2 aliphatic rings. The molecule has 1 saturated carbocycles. The highest BCUT2D eigenvalue weighted by Gasteiger charge is 2.38. The number of fused-ring (bicyclic) bond motifs is 1. The largest absolute Gasteiger partial charge is 0.353 e. The Labute approximate surface area is 172 Å². The quantitative estimate of drug-likeness (QED) is 0.844. The van der Waals surface area contributed by atoms with Gasteiger partial charge in [-0.1, -0.05) is 37.8 Å². The lowest BCUT2D eigenvalue weighted by molar-refractivity contribution is -0.122. The zero-order valence-corrected chi connectivity index (χ0v) is 17.5. The summed E-state index contributed by atoms with van der Waals surface area (Å²) in [5.74, 6) is -0.108. The summed E-state index contributed by atoms with van der Waals surface area (Å²) >= 11 is 0. The van der Waals surface area contributed by atoms with Crippen molar-refractivity contribution in [3.63, 3.8) is 0 Å². The predicted octanol–water partition coefficient (Wildman–Crippen LogP) is 3.01. The zero-order chi connectivity index (χ0) is 20.3. The van der Waals surface area contributed by atoms with E-state index < -0.39 is 0 Å². The van der Waals surface area contributed by atoms with Gasteiger partial charge < -0.3 is 5.32 Å². The van der Waals surface area contributed by atoms with Gasteiger partial charge in [-0.2, -0.15) is 0 Å². The number of rotatable bonds is 5. The molecule has 6 nitrogen and oxygen atoms in total. The molecule has 0 bridgehead atoms. The molecular formula is C23H32N4O2. The minimum absolute atomic E-state index is 0.0196. The molecule has 156 valence electrons. The summed E-state index contributed by atoms with van der Waals surface area (Å²) in [6.07, 6.45) is 11.4. The topological polar surface area (TPSA) is 67.2 Å². The molecule has 2 fully saturated rings. The minimum atomic E-state index is -0.155. The van der Waals surface area contributed by atoms with Crippen LogP contribution in [0.15, 0.2) is 29.3 Å². The number of aryl methyl sites for hydroxylation is 1. The third-order valence-corrected chi connectivity index (χ3v) is 6.79. The highest BCUT2D eigenvalue weighted by molar-refractivity contribution is 5.81. The maximum Gasteiger partial charge on any atom is 0.261 e. The molecule has 29 heavy (non-hydrogen) atoms. The van der Waals surface area contributed by atoms with Crippen molar-refractivity contribution in [3.8, 4) is 0 Å². The third kappa shape index (κ3) is 4.22. The number of carbonyl (C=O) groups is 1. The molecule has 6 heteroatoms. The van der Waals surface area contributed by atoms with Gasteiger partial charge in [-0.3, -0.25) is 19.1 Å². The number of hydrogen-bond acceptors (Lipinski definition) is 4. The van der Waals surface area contributed by atoms with Gasteiger partial charge in [0.05, 0.1) is 17.2 Å². The molecule has 2 aromatic rings. The van der Waals surface area contributed by atoms with Crippen LogP contribution in [0.3, 0.4) is 0 Å². The monoisotopic (exact) mass is 396 g/mol. The Morgan fingerprint density at radius 2 is 1.83 bits per heavy atom. The Kier molecular flexibility index (Phi) is 5.99. The number of likely N-dealkylation sites (tertiary alicyclic amines) is 1. The van der Waals surface area contributed by atoms with Crippen LogP contribution in [0, 0.1) is 6.92 Å². The number of nitrogens with zero attached hydrogens (tertiary/aromatic N) is 3. The van der Waals surface area contributed by atoms with E-state index in [0.717, 1.165) is 31.5 Å². The molecule has 1 N–H and O–H groups in total. The first-order valence-electron chi connectivity index (χ1n) is 11.1. The molecule has 0 spiro atoms. The second-order valence-corrected chi connectivity index (χ2v) is 8.76. The molecule has 1 aliphatic heterocycles. The first-order valence-corrected chi connectivity index (χ1v) is 11.1. The van der Waals surface area contributed by atoms with Gasteiger partial charge in [0.25, 0.3) is 5.56 Å². The second kappa shape index (κ2) is 8.66. The number of carbonyl (C=O) groups excluding carboxylic acids is 1. The van der Waals surface area contributed by atoms with E-state index in [2.05, 4.69) is 15.2 Å². The number of amides is 1. The number of piperidine rings is 1. The van der Waals surface area contributed by atoms with Crippen molar-refractivity contribution in [1.82, 2.24) is 19.8 Å². The standard InChI is InChI=1S/C23H32N4O2/c1-18-9-8-10-19-21(18)25-17-26(22(19)29)15-20(28)24-16-23(11-4-2-5-12-23)27-13-6-3-7-14-27/h8-10,17H,2-7,11-16H2,1H3,(H,24,28). The summed E-state index contributed by atoms with van der Waals surface area (Å²) in [5, 5.41) is 3.72. The van der Waals surface area contributed by atoms with Crippen LogP contribution in [0.1, 0.15) is 56.9 Å². The molecule has 0 radical (unpaired) electrons. The SMILES string of the molecule is Cc1cccc2c(=O)n(CC(=O)NCC3(N4CCCCC4)CCCCC3)cnc12. The van der Waals surface area contributed by atoms with Crippen molar-refractivity contribution in [1.29, 1.82) is 0 Å². The first-order chi connectivity index (χ1) is 14.1. The van der Waals surface area contributed by atoms with Crippen LogP contribution in [-0.4, -0.2) is 45.5 Å². The van der Waals surface area contributed by atoms with Gasteiger partial charge in [-0.05, 0) is 57.3 Å². The van der Waals surface area contributed by atoms with Crippen LogP contribution in [0.2, 0.25) is 0 Å². The summed E-state index contributed by atoms with van der Waals surface area (Å²) in [7, 11) is 0. The van der Waals surface area contributed by atoms with Crippen LogP contribution in [0.4, 0.5) is 0 Å². The molecule has 1 amide bonds. The molecular weight excluding hydrogens is 364 g/mol. The van der Waals surface area contributed by atoms with Crippen molar-refractivity contribution >= 4 is 16.8 Å². The smallest absolute Gasteiger partial charge is 0.261 e. The molecule has 2 heterocycles. The van der Waals surface area contributed by atoms with Crippen LogP contribution in [0.25, 0.3) is 10.9 Å². The number of benzene rings is 1. The number of hydrogen-bond donors (Lipinski definition) is 1. The van der Waals surface area contributed by atoms with Gasteiger partial charge in [0.2, 0.25) is 5.91 Å². The van der Waals surface area contributed by atoms with Gasteiger partial charge in [0.1, 0.15) is 6.54 Å². The summed E-state index contributed by atoms with van der Waals surface area (Å²) in [6.45, 7) is 4.93. The second-order valence-electron chi connectivity index (χ2n) is 8.76. The summed E-state index contributed by atoms with van der Waals surface area (Å²) < 4.78 is 1.42. The highest BCUT2D eigenvalue weighted by atomic mass is 16.2. The normalized spacial score (nSPS) is 19.9. The number of nitrogens with one attached hydrogen (secondary N) is 1. The van der Waals surface area contributed by atoms with Gasteiger partial charge in [-0.15, -0.1) is 0 Å². The lowest BCUT2D eigenvalue weighted by atomic mass is 9.79. The van der Waals surface area contributed by atoms with E-state index >= 15 is 0 Å². The fraction of sp³-hybridized carbons (Fsp3) is 0.609. The maximum atomic E-state index is 12.8. The van der Waals surface area contributed by atoms with Crippen LogP contribution < -0.4 is 10.9 Å². The van der Waals surface area contributed by atoms with Crippen molar-refractivity contribution in [2.24, 2.45) is 0 Å². The van der Waals surface area contributed by atoms with Gasteiger partial charge >= 0.3 is 0 Å². The summed E-state index contributed by atoms with van der Waals surface area (Å²) in [4.78, 5) is 32.5. The van der Waals surface area contributed by atoms with E-state index in [1.54, 1.807) is 6.07 Å². The average molecular weight is 397 g/mol. The van der Waals surface area contributed by atoms with Crippen LogP contribution >= 0.6 is 0 Å². The first kappa shape index (κ1) is 20.1. The number of aromatic nitrogens is 2. The van der Waals surface area contributed by atoms with Gasteiger partial charge in [-0.25, -0.2) is 4.98 Å². The third-order valence-electron chi connectivity index (χ3n) is 6.79. The van der Waals surface area contributed by atoms with Crippen molar-refractivity contribution < 1.29 is 4.79 Å². The Bertz CT molecular complexity index is 924. The molecule has 1 aliphatic carbocycles. The van der Waals surface area contributed by atoms with Crippen LogP contribution in [0.5, 0.6) is 0 Å². The van der Waals surface area contributed by atoms with Crippen molar-refractivity contribution in [3.05, 3.63) is 40.4 Å². The molecule has 1 saturated heterocycles. The highest BCUT2D eigenvalue weighted by Crippen LogP contribution is 2.35. The van der Waals surface area contributed by atoms with Gasteiger partial charge in [0.15, 0.2) is 0 Å². The lowest BCUT2D eigenvalue weighted by Crippen LogP contribution is -2.58. The van der Waals surface area contributed by atoms with E-state index in [-0.39, 0.29) is 23.6 Å². The Hall–Kier alpha value is -2.21. The van der Waals surface area contributed by atoms with Crippen molar-refractivity contribution in [2.45, 2.75) is 70.4 Å². The molecule has 1 aromatic carbocycles. The van der Waals surface area contributed by atoms with Gasteiger partial charge in [0, 0.05) is 12.1 Å². The lowest BCUT2D eigenvalue weighted by Gasteiger charge is -2.48. The van der Waals surface area contributed by atoms with E-state index in [9.17, 15) is 9.59 Å². The fourth-order valence-corrected chi connectivity index (χ4v) is 5.11. The van der Waals surface area contributed by atoms with E-state index in [4.69, 9.17) is 0 Å². The number of para-hydroxylation sites is 1. The molecule has 0 unspecified atom stereocenters. The molecule has 0 atom stereocenters. The molecule has 4 rings (SSSR count). The minimum Gasteiger partial charge on any atom is -0.353 e. The maximum absolute atomic E-state index is 12.8. The Balaban J connectivity index is 1.45.